The molecule has 2 aromatic carbocycles. The molecule has 1 atom stereocenters. The lowest BCUT2D eigenvalue weighted by Crippen LogP contribution is -2.54. The number of benzene rings is 2. The summed E-state index contributed by atoms with van der Waals surface area (Å²) in [5.41, 5.74) is 4.49. The Morgan fingerprint density at radius 2 is 1.40 bits per heavy atom. The number of piperidine rings is 2. The van der Waals surface area contributed by atoms with Crippen LogP contribution in [0.25, 0.3) is 11.1 Å². The number of hydrogen-bond donors (Lipinski definition) is 0. The van der Waals surface area contributed by atoms with E-state index in [0.29, 0.717) is 45.2 Å². The Morgan fingerprint density at radius 1 is 0.854 bits per heavy atom. The van der Waals surface area contributed by atoms with Crippen molar-refractivity contribution < 1.29 is 22.8 Å². The van der Waals surface area contributed by atoms with Crippen molar-refractivity contribution in [1.29, 1.82) is 0 Å². The van der Waals surface area contributed by atoms with Gasteiger partial charge in [-0.1, -0.05) is 76.9 Å². The van der Waals surface area contributed by atoms with Gasteiger partial charge in [-0.2, -0.15) is 0 Å². The van der Waals surface area contributed by atoms with Gasteiger partial charge in [0.1, 0.15) is 0 Å². The van der Waals surface area contributed by atoms with E-state index >= 15 is 0 Å². The molecule has 2 amide bonds. The number of likely N-dealkylation sites (tertiary alicyclic amines) is 1. The molecule has 0 spiro atoms. The topological polar surface area (TPSA) is 53.1 Å². The number of carbonyl (C=O) groups excluding carboxylic acids is 2. The molecule has 3 aliphatic heterocycles. The predicted octanol–water partition coefficient (Wildman–Crippen LogP) is 9.49. The van der Waals surface area contributed by atoms with Crippen molar-refractivity contribution in [3.05, 3.63) is 57.6 Å². The van der Waals surface area contributed by atoms with Crippen LogP contribution in [0.5, 0.6) is 0 Å². The van der Waals surface area contributed by atoms with Gasteiger partial charge in [-0.3, -0.25) is 14.6 Å². The molecular weight excluding hydrogens is 671 g/mol. The SMILES string of the molecule is CC(C)[Si](OC1CCN(N2CC[C@@H](Cc3c(Cl)cc(-c4ccc(C(=O)N5CCC(F)(F)CC5)cc4)cc3Cl)C2=O)CC1)(C(C)C)C(C)C. The third-order valence-corrected chi connectivity index (χ3v) is 17.8. The van der Waals surface area contributed by atoms with E-state index in [2.05, 4.69) is 46.6 Å². The Kier molecular flexibility index (Phi) is 11.7. The van der Waals surface area contributed by atoms with Crippen LogP contribution in [-0.2, 0) is 15.6 Å². The Morgan fingerprint density at radius 3 is 1.92 bits per heavy atom. The molecule has 48 heavy (non-hydrogen) atoms. The summed E-state index contributed by atoms with van der Waals surface area (Å²) in [5, 5.41) is 5.16. The first-order valence-corrected chi connectivity index (χ1v) is 20.5. The summed E-state index contributed by atoms with van der Waals surface area (Å²) in [6.45, 7) is 16.4. The lowest BCUT2D eigenvalue weighted by Gasteiger charge is -2.47. The largest absolute Gasteiger partial charge is 0.413 e. The van der Waals surface area contributed by atoms with Gasteiger partial charge in [0.15, 0.2) is 0 Å². The van der Waals surface area contributed by atoms with Crippen molar-refractivity contribution >= 4 is 43.3 Å². The molecular formula is C37H51Cl2F2N3O3Si. The predicted molar refractivity (Wildman–Crippen MR) is 192 cm³/mol. The van der Waals surface area contributed by atoms with Crippen LogP contribution in [0.1, 0.15) is 89.6 Å². The molecule has 0 N–H and O–H groups in total. The van der Waals surface area contributed by atoms with Crippen LogP contribution in [0.15, 0.2) is 36.4 Å². The van der Waals surface area contributed by atoms with Crippen molar-refractivity contribution in [2.45, 2.75) is 109 Å². The van der Waals surface area contributed by atoms with Crippen LogP contribution >= 0.6 is 23.2 Å². The minimum Gasteiger partial charge on any atom is -0.413 e. The molecule has 3 fully saturated rings. The Balaban J connectivity index is 1.18. The summed E-state index contributed by atoms with van der Waals surface area (Å²) in [4.78, 5) is 28.0. The van der Waals surface area contributed by atoms with E-state index < -0.39 is 14.2 Å². The highest BCUT2D eigenvalue weighted by Crippen LogP contribution is 2.44. The molecule has 6 nitrogen and oxygen atoms in total. The van der Waals surface area contributed by atoms with Crippen LogP contribution in [0.4, 0.5) is 8.78 Å². The molecule has 0 radical (unpaired) electrons. The van der Waals surface area contributed by atoms with E-state index in [4.69, 9.17) is 27.6 Å². The summed E-state index contributed by atoms with van der Waals surface area (Å²) < 4.78 is 34.1. The van der Waals surface area contributed by atoms with Crippen molar-refractivity contribution in [2.75, 3.05) is 32.7 Å². The van der Waals surface area contributed by atoms with Gasteiger partial charge in [-0.05, 0) is 83.3 Å². The van der Waals surface area contributed by atoms with Gasteiger partial charge in [0.2, 0.25) is 14.2 Å². The number of carbonyl (C=O) groups is 2. The van der Waals surface area contributed by atoms with Crippen LogP contribution in [0, 0.1) is 5.92 Å². The number of alkyl halides is 2. The third kappa shape index (κ3) is 7.80. The number of hydrogen-bond acceptors (Lipinski definition) is 4. The number of nitrogens with zero attached hydrogens (tertiary/aromatic N) is 3. The van der Waals surface area contributed by atoms with Gasteiger partial charge in [0.05, 0.1) is 0 Å². The van der Waals surface area contributed by atoms with Gasteiger partial charge in [0.25, 0.3) is 11.8 Å². The fourth-order valence-corrected chi connectivity index (χ4v) is 14.6. The maximum absolute atomic E-state index is 13.6. The first-order valence-electron chi connectivity index (χ1n) is 17.6. The fraction of sp³-hybridized carbons (Fsp3) is 0.622. The quantitative estimate of drug-likeness (QED) is 0.230. The lowest BCUT2D eigenvalue weighted by atomic mass is 9.95. The van der Waals surface area contributed by atoms with E-state index in [-0.39, 0.29) is 49.8 Å². The van der Waals surface area contributed by atoms with Crippen LogP contribution < -0.4 is 0 Å². The molecule has 5 rings (SSSR count). The smallest absolute Gasteiger partial charge is 0.253 e. The Hall–Kier alpha value is -2.04. The van der Waals surface area contributed by atoms with Crippen molar-refractivity contribution in [1.82, 2.24) is 14.9 Å². The molecule has 3 aliphatic rings. The van der Waals surface area contributed by atoms with E-state index in [1.54, 1.807) is 12.1 Å². The number of hydrazine groups is 1. The zero-order valence-electron chi connectivity index (χ0n) is 29.2. The molecule has 0 aromatic heterocycles. The average molecular weight is 723 g/mol. The molecule has 3 saturated heterocycles. The van der Waals surface area contributed by atoms with E-state index in [1.165, 1.54) is 4.90 Å². The molecule has 3 heterocycles. The molecule has 264 valence electrons. The van der Waals surface area contributed by atoms with Crippen molar-refractivity contribution in [3.63, 3.8) is 0 Å². The summed E-state index contributed by atoms with van der Waals surface area (Å²) in [6, 6.07) is 10.7. The van der Waals surface area contributed by atoms with E-state index in [1.807, 2.05) is 29.3 Å². The summed E-state index contributed by atoms with van der Waals surface area (Å²) >= 11 is 13.6. The summed E-state index contributed by atoms with van der Waals surface area (Å²) in [6.07, 6.45) is 2.71. The number of amides is 2. The maximum atomic E-state index is 13.6. The van der Waals surface area contributed by atoms with Crippen LogP contribution in [0.2, 0.25) is 26.7 Å². The second kappa shape index (κ2) is 15.1. The standard InChI is InChI=1S/C37H51Cl2F2N3O3Si/c1-24(2)48(25(3)4,26(5)6)47-31-12-16-43(17-13-31)44-18-11-29(36(44)46)21-32-33(38)22-30(23-34(32)39)27-7-9-28(10-8-27)35(45)42-19-14-37(40,41)15-20-42/h7-10,22-26,29,31H,11-21H2,1-6H3/t29-/m0/s1. The zero-order valence-corrected chi connectivity index (χ0v) is 31.7. The minimum atomic E-state index is -2.70. The average Bonchev–Trinajstić information content (AvgIpc) is 3.40. The minimum absolute atomic E-state index is 0.0478. The van der Waals surface area contributed by atoms with Crippen LogP contribution in [0.3, 0.4) is 0 Å². The summed E-state index contributed by atoms with van der Waals surface area (Å²) in [7, 11) is -1.95. The normalized spacial score (nSPS) is 21.3. The van der Waals surface area contributed by atoms with Gasteiger partial charge in [0, 0.05) is 73.2 Å². The van der Waals surface area contributed by atoms with Gasteiger partial charge < -0.3 is 9.33 Å². The second-order valence-corrected chi connectivity index (χ2v) is 21.1. The Labute approximate surface area is 296 Å². The highest BCUT2D eigenvalue weighted by molar-refractivity contribution is 6.77. The summed E-state index contributed by atoms with van der Waals surface area (Å²) in [5.74, 6) is -3.02. The van der Waals surface area contributed by atoms with Crippen LogP contribution in [-0.4, -0.2) is 79.8 Å². The highest BCUT2D eigenvalue weighted by atomic mass is 35.5. The van der Waals surface area contributed by atoms with Crippen molar-refractivity contribution in [3.8, 4) is 11.1 Å². The first-order chi connectivity index (χ1) is 22.6. The molecule has 0 unspecified atom stereocenters. The second-order valence-electron chi connectivity index (χ2n) is 14.9. The lowest BCUT2D eigenvalue weighted by molar-refractivity contribution is -0.149. The fourth-order valence-electron chi connectivity index (χ4n) is 8.33. The zero-order chi connectivity index (χ0) is 35.0. The first kappa shape index (κ1) is 37.2. The molecule has 0 saturated carbocycles. The van der Waals surface area contributed by atoms with Crippen molar-refractivity contribution in [2.24, 2.45) is 5.92 Å². The molecule has 0 aliphatic carbocycles. The van der Waals surface area contributed by atoms with E-state index in [0.717, 1.165) is 49.0 Å². The Bertz CT molecular complexity index is 1410. The number of halogens is 4. The maximum Gasteiger partial charge on any atom is 0.253 e. The van der Waals surface area contributed by atoms with Gasteiger partial charge >= 0.3 is 0 Å². The highest BCUT2D eigenvalue weighted by Gasteiger charge is 2.47. The molecule has 11 heteroatoms. The molecule has 2 aromatic rings. The molecule has 0 bridgehead atoms. The third-order valence-electron chi connectivity index (χ3n) is 11.0. The van der Waals surface area contributed by atoms with Gasteiger partial charge in [-0.25, -0.2) is 13.8 Å². The number of rotatable bonds is 10. The van der Waals surface area contributed by atoms with E-state index in [9.17, 15) is 18.4 Å². The van der Waals surface area contributed by atoms with Gasteiger partial charge in [-0.15, -0.1) is 0 Å². The monoisotopic (exact) mass is 721 g/mol.